The standard InChI is InChI=1S/C11H13BrClNO/c1-15-7-9-10(12)5-8(3-2-4-14)6-11(9)13/h2-3,5-6H,4,7,14H2,1H3/b3-2+. The van der Waals surface area contributed by atoms with E-state index in [9.17, 15) is 0 Å². The summed E-state index contributed by atoms with van der Waals surface area (Å²) < 4.78 is 6.01. The van der Waals surface area contributed by atoms with Crippen molar-refractivity contribution in [2.24, 2.45) is 5.73 Å². The fourth-order valence-electron chi connectivity index (χ4n) is 1.21. The molecular weight excluding hydrogens is 277 g/mol. The van der Waals surface area contributed by atoms with Gasteiger partial charge in [-0.2, -0.15) is 0 Å². The molecule has 15 heavy (non-hydrogen) atoms. The maximum atomic E-state index is 6.12. The minimum Gasteiger partial charge on any atom is -0.380 e. The molecule has 0 saturated heterocycles. The monoisotopic (exact) mass is 289 g/mol. The predicted octanol–water partition coefficient (Wildman–Crippen LogP) is 3.22. The average Bonchev–Trinajstić information content (AvgIpc) is 2.20. The Bertz CT molecular complexity index is 343. The number of halogens is 2. The van der Waals surface area contributed by atoms with Gasteiger partial charge >= 0.3 is 0 Å². The van der Waals surface area contributed by atoms with Gasteiger partial charge in [0.05, 0.1) is 6.61 Å². The van der Waals surface area contributed by atoms with Crippen molar-refractivity contribution in [1.82, 2.24) is 0 Å². The second-order valence-corrected chi connectivity index (χ2v) is 4.30. The number of rotatable bonds is 4. The number of methoxy groups -OCH3 is 1. The zero-order valence-corrected chi connectivity index (χ0v) is 10.8. The molecule has 1 aromatic rings. The summed E-state index contributed by atoms with van der Waals surface area (Å²) in [5.74, 6) is 0. The second kappa shape index (κ2) is 6.28. The van der Waals surface area contributed by atoms with Gasteiger partial charge in [-0.3, -0.25) is 0 Å². The van der Waals surface area contributed by atoms with Crippen LogP contribution in [-0.2, 0) is 11.3 Å². The SMILES string of the molecule is COCc1c(Cl)cc(/C=C/CN)cc1Br. The summed E-state index contributed by atoms with van der Waals surface area (Å²) >= 11 is 9.58. The predicted molar refractivity (Wildman–Crippen MR) is 68.0 cm³/mol. The minimum atomic E-state index is 0.500. The maximum absolute atomic E-state index is 6.12. The van der Waals surface area contributed by atoms with Gasteiger partial charge in [0.2, 0.25) is 0 Å². The van der Waals surface area contributed by atoms with Crippen molar-refractivity contribution in [3.8, 4) is 0 Å². The quantitative estimate of drug-likeness (QED) is 0.924. The third-order valence-corrected chi connectivity index (χ3v) is 2.94. The molecule has 1 rings (SSSR count). The van der Waals surface area contributed by atoms with Crippen LogP contribution in [0.4, 0.5) is 0 Å². The van der Waals surface area contributed by atoms with Gasteiger partial charge in [0.25, 0.3) is 0 Å². The highest BCUT2D eigenvalue weighted by molar-refractivity contribution is 9.10. The number of hydrogen-bond donors (Lipinski definition) is 1. The van der Waals surface area contributed by atoms with E-state index in [0.29, 0.717) is 18.2 Å². The van der Waals surface area contributed by atoms with Gasteiger partial charge in [0.1, 0.15) is 0 Å². The molecule has 0 bridgehead atoms. The molecular formula is C11H13BrClNO. The Morgan fingerprint density at radius 2 is 2.27 bits per heavy atom. The largest absolute Gasteiger partial charge is 0.380 e. The molecule has 2 N–H and O–H groups in total. The van der Waals surface area contributed by atoms with E-state index in [1.54, 1.807) is 7.11 Å². The summed E-state index contributed by atoms with van der Waals surface area (Å²) in [5, 5.41) is 0.697. The zero-order chi connectivity index (χ0) is 11.3. The molecule has 1 aromatic carbocycles. The Morgan fingerprint density at radius 1 is 1.53 bits per heavy atom. The lowest BCUT2D eigenvalue weighted by atomic mass is 10.1. The van der Waals surface area contributed by atoms with E-state index in [1.165, 1.54) is 0 Å². The lowest BCUT2D eigenvalue weighted by Gasteiger charge is -2.07. The molecule has 0 aromatic heterocycles. The first kappa shape index (κ1) is 12.7. The van der Waals surface area contributed by atoms with Crippen LogP contribution in [0.25, 0.3) is 6.08 Å². The summed E-state index contributed by atoms with van der Waals surface area (Å²) in [7, 11) is 1.64. The Balaban J connectivity index is 3.02. The highest BCUT2D eigenvalue weighted by atomic mass is 79.9. The number of nitrogens with two attached hydrogens (primary N) is 1. The number of benzene rings is 1. The van der Waals surface area contributed by atoms with Crippen molar-refractivity contribution in [3.63, 3.8) is 0 Å². The molecule has 0 amide bonds. The maximum Gasteiger partial charge on any atom is 0.0738 e. The van der Waals surface area contributed by atoms with Crippen LogP contribution in [0.1, 0.15) is 11.1 Å². The van der Waals surface area contributed by atoms with Crippen LogP contribution in [0.3, 0.4) is 0 Å². The molecule has 0 aliphatic heterocycles. The topological polar surface area (TPSA) is 35.2 Å². The number of ether oxygens (including phenoxy) is 1. The molecule has 0 spiro atoms. The highest BCUT2D eigenvalue weighted by Gasteiger charge is 2.06. The Hall–Kier alpha value is -0.350. The minimum absolute atomic E-state index is 0.500. The van der Waals surface area contributed by atoms with Crippen LogP contribution in [0.2, 0.25) is 5.02 Å². The van der Waals surface area contributed by atoms with Crippen molar-refractivity contribution in [1.29, 1.82) is 0 Å². The van der Waals surface area contributed by atoms with E-state index in [4.69, 9.17) is 22.1 Å². The summed E-state index contributed by atoms with van der Waals surface area (Å²) in [6.07, 6.45) is 3.82. The molecule has 4 heteroatoms. The van der Waals surface area contributed by atoms with Gasteiger partial charge in [-0.1, -0.05) is 39.7 Å². The lowest BCUT2D eigenvalue weighted by molar-refractivity contribution is 0.184. The third kappa shape index (κ3) is 3.61. The first-order valence-corrected chi connectivity index (χ1v) is 5.69. The summed E-state index contributed by atoms with van der Waals surface area (Å²) in [4.78, 5) is 0. The molecule has 2 nitrogen and oxygen atoms in total. The average molecular weight is 291 g/mol. The molecule has 0 radical (unpaired) electrons. The third-order valence-electron chi connectivity index (χ3n) is 1.90. The first-order chi connectivity index (χ1) is 7.19. The van der Waals surface area contributed by atoms with Gasteiger partial charge in [0.15, 0.2) is 0 Å². The molecule has 0 unspecified atom stereocenters. The van der Waals surface area contributed by atoms with Crippen LogP contribution < -0.4 is 5.73 Å². The molecule has 0 aliphatic rings. The molecule has 0 fully saturated rings. The van der Waals surface area contributed by atoms with Crippen molar-refractivity contribution in [2.75, 3.05) is 13.7 Å². The first-order valence-electron chi connectivity index (χ1n) is 4.52. The van der Waals surface area contributed by atoms with Crippen molar-refractivity contribution < 1.29 is 4.74 Å². The van der Waals surface area contributed by atoms with Crippen molar-refractivity contribution >= 4 is 33.6 Å². The highest BCUT2D eigenvalue weighted by Crippen LogP contribution is 2.28. The van der Waals surface area contributed by atoms with Gasteiger partial charge in [-0.05, 0) is 17.7 Å². The van der Waals surface area contributed by atoms with Gasteiger partial charge in [-0.15, -0.1) is 0 Å². The molecule has 82 valence electrons. The normalized spacial score (nSPS) is 11.2. The fourth-order valence-corrected chi connectivity index (χ4v) is 2.19. The van der Waals surface area contributed by atoms with Gasteiger partial charge in [0, 0.05) is 28.7 Å². The van der Waals surface area contributed by atoms with E-state index in [2.05, 4.69) is 15.9 Å². The molecule has 0 saturated carbocycles. The van der Waals surface area contributed by atoms with E-state index in [1.807, 2.05) is 24.3 Å². The van der Waals surface area contributed by atoms with Crippen LogP contribution in [0.15, 0.2) is 22.7 Å². The summed E-state index contributed by atoms with van der Waals surface area (Å²) in [5.41, 5.74) is 7.37. The Labute approximate surface area is 103 Å². The van der Waals surface area contributed by atoms with Crippen LogP contribution in [0.5, 0.6) is 0 Å². The fraction of sp³-hybridized carbons (Fsp3) is 0.273. The van der Waals surface area contributed by atoms with E-state index < -0.39 is 0 Å². The van der Waals surface area contributed by atoms with Crippen molar-refractivity contribution in [3.05, 3.63) is 38.8 Å². The van der Waals surface area contributed by atoms with Gasteiger partial charge in [-0.25, -0.2) is 0 Å². The van der Waals surface area contributed by atoms with E-state index >= 15 is 0 Å². The van der Waals surface area contributed by atoms with Crippen molar-refractivity contribution in [2.45, 2.75) is 6.61 Å². The Kier molecular flexibility index (Phi) is 5.32. The lowest BCUT2D eigenvalue weighted by Crippen LogP contribution is -1.93. The Morgan fingerprint density at radius 3 is 2.80 bits per heavy atom. The second-order valence-electron chi connectivity index (χ2n) is 3.03. The van der Waals surface area contributed by atoms with Crippen LogP contribution in [-0.4, -0.2) is 13.7 Å². The smallest absolute Gasteiger partial charge is 0.0738 e. The summed E-state index contributed by atoms with van der Waals surface area (Å²) in [6.45, 7) is 1.02. The van der Waals surface area contributed by atoms with E-state index in [0.717, 1.165) is 15.6 Å². The zero-order valence-electron chi connectivity index (χ0n) is 8.47. The van der Waals surface area contributed by atoms with E-state index in [-0.39, 0.29) is 0 Å². The molecule has 0 atom stereocenters. The van der Waals surface area contributed by atoms with Crippen LogP contribution >= 0.6 is 27.5 Å². The summed E-state index contributed by atoms with van der Waals surface area (Å²) in [6, 6.07) is 3.89. The number of hydrogen-bond acceptors (Lipinski definition) is 2. The van der Waals surface area contributed by atoms with Crippen LogP contribution in [0, 0.1) is 0 Å². The molecule has 0 heterocycles. The molecule has 0 aliphatic carbocycles. The van der Waals surface area contributed by atoms with Gasteiger partial charge < -0.3 is 10.5 Å².